The Kier molecular flexibility index (Phi) is 3.00. The van der Waals surface area contributed by atoms with E-state index in [1.54, 1.807) is 12.1 Å². The molecule has 0 spiro atoms. The zero-order valence-corrected chi connectivity index (χ0v) is 11.1. The summed E-state index contributed by atoms with van der Waals surface area (Å²) >= 11 is 0. The van der Waals surface area contributed by atoms with Crippen molar-refractivity contribution >= 4 is 21.4 Å². The molecule has 5 heteroatoms. The van der Waals surface area contributed by atoms with Gasteiger partial charge in [0.05, 0.1) is 5.69 Å². The van der Waals surface area contributed by atoms with Crippen molar-refractivity contribution in [3.8, 4) is 0 Å². The highest BCUT2D eigenvalue weighted by Gasteiger charge is 2.25. The van der Waals surface area contributed by atoms with Crippen LogP contribution in [0.2, 0.25) is 0 Å². The standard InChI is InChI=1S/C14H14N2O2S/c17-19(18)14-9-5-4-8-13(14)16(11-10-15-19)12-6-2-1-3-7-12/h1-9,15H,10-11H2. The summed E-state index contributed by atoms with van der Waals surface area (Å²) in [5, 5.41) is 0. The SMILES string of the molecule is O=S1(=O)NCCN(c2ccccc2)c2ccccc21. The molecule has 1 N–H and O–H groups in total. The number of hydrogen-bond donors (Lipinski definition) is 1. The molecule has 1 aliphatic rings. The Hall–Kier alpha value is -1.85. The lowest BCUT2D eigenvalue weighted by Crippen LogP contribution is -2.27. The summed E-state index contributed by atoms with van der Waals surface area (Å²) in [7, 11) is -3.41. The minimum absolute atomic E-state index is 0.330. The van der Waals surface area contributed by atoms with Gasteiger partial charge in [-0.25, -0.2) is 13.1 Å². The zero-order valence-electron chi connectivity index (χ0n) is 10.3. The minimum atomic E-state index is -3.41. The molecule has 3 rings (SSSR count). The van der Waals surface area contributed by atoms with Gasteiger partial charge < -0.3 is 4.90 Å². The van der Waals surface area contributed by atoms with Gasteiger partial charge in [0, 0.05) is 18.8 Å². The molecule has 0 unspecified atom stereocenters. The van der Waals surface area contributed by atoms with E-state index >= 15 is 0 Å². The second kappa shape index (κ2) is 4.68. The molecule has 0 saturated heterocycles. The van der Waals surface area contributed by atoms with Gasteiger partial charge in [-0.05, 0) is 24.3 Å². The van der Waals surface area contributed by atoms with E-state index in [0.717, 1.165) is 11.4 Å². The van der Waals surface area contributed by atoms with Gasteiger partial charge in [0.2, 0.25) is 10.0 Å². The van der Waals surface area contributed by atoms with E-state index in [4.69, 9.17) is 0 Å². The number of anilines is 2. The third kappa shape index (κ3) is 2.22. The number of nitrogens with one attached hydrogen (secondary N) is 1. The molecule has 4 nitrogen and oxygen atoms in total. The first-order chi connectivity index (χ1) is 9.18. The third-order valence-corrected chi connectivity index (χ3v) is 4.65. The summed E-state index contributed by atoms with van der Waals surface area (Å²) in [6.07, 6.45) is 0. The first kappa shape index (κ1) is 12.2. The van der Waals surface area contributed by atoms with Crippen LogP contribution in [-0.2, 0) is 10.0 Å². The number of fused-ring (bicyclic) bond motifs is 1. The Morgan fingerprint density at radius 3 is 2.42 bits per heavy atom. The van der Waals surface area contributed by atoms with Gasteiger partial charge in [-0.2, -0.15) is 0 Å². The summed E-state index contributed by atoms with van der Waals surface area (Å²) < 4.78 is 26.9. The molecule has 1 aliphatic heterocycles. The maximum atomic E-state index is 12.1. The van der Waals surface area contributed by atoms with Crippen molar-refractivity contribution in [2.75, 3.05) is 18.0 Å². The van der Waals surface area contributed by atoms with Crippen LogP contribution in [0.4, 0.5) is 11.4 Å². The lowest BCUT2D eigenvalue weighted by molar-refractivity contribution is 0.585. The Labute approximate surface area is 112 Å². The number of hydrogen-bond acceptors (Lipinski definition) is 3. The largest absolute Gasteiger partial charge is 0.339 e. The van der Waals surface area contributed by atoms with Crippen molar-refractivity contribution in [1.82, 2.24) is 4.72 Å². The topological polar surface area (TPSA) is 49.4 Å². The second-order valence-electron chi connectivity index (χ2n) is 4.35. The average molecular weight is 274 g/mol. The summed E-state index contributed by atoms with van der Waals surface area (Å²) in [6.45, 7) is 1.01. The predicted molar refractivity (Wildman–Crippen MR) is 75.1 cm³/mol. The van der Waals surface area contributed by atoms with Crippen molar-refractivity contribution in [2.24, 2.45) is 0 Å². The van der Waals surface area contributed by atoms with Gasteiger partial charge in [-0.15, -0.1) is 0 Å². The number of rotatable bonds is 1. The van der Waals surface area contributed by atoms with Crippen LogP contribution in [0.25, 0.3) is 0 Å². The first-order valence-electron chi connectivity index (χ1n) is 6.10. The summed E-state index contributed by atoms with van der Waals surface area (Å²) in [6, 6.07) is 16.9. The lowest BCUT2D eigenvalue weighted by Gasteiger charge is -2.23. The van der Waals surface area contributed by atoms with E-state index in [1.165, 1.54) is 0 Å². The van der Waals surface area contributed by atoms with Crippen LogP contribution in [0, 0.1) is 0 Å². The molecule has 0 saturated carbocycles. The van der Waals surface area contributed by atoms with Gasteiger partial charge in [0.15, 0.2) is 0 Å². The summed E-state index contributed by atoms with van der Waals surface area (Å²) in [5.41, 5.74) is 1.72. The van der Waals surface area contributed by atoms with Gasteiger partial charge in [0.1, 0.15) is 4.90 Å². The Morgan fingerprint density at radius 2 is 1.63 bits per heavy atom. The van der Waals surface area contributed by atoms with Crippen molar-refractivity contribution in [2.45, 2.75) is 4.90 Å². The fourth-order valence-electron chi connectivity index (χ4n) is 2.27. The minimum Gasteiger partial charge on any atom is -0.339 e. The Morgan fingerprint density at radius 1 is 0.947 bits per heavy atom. The molecular weight excluding hydrogens is 260 g/mol. The molecule has 0 fully saturated rings. The van der Waals surface area contributed by atoms with E-state index in [0.29, 0.717) is 18.0 Å². The monoisotopic (exact) mass is 274 g/mol. The van der Waals surface area contributed by atoms with E-state index in [-0.39, 0.29) is 0 Å². The molecule has 2 aromatic carbocycles. The van der Waals surface area contributed by atoms with E-state index in [2.05, 4.69) is 4.72 Å². The Bertz CT molecular complexity index is 684. The van der Waals surface area contributed by atoms with Gasteiger partial charge >= 0.3 is 0 Å². The molecule has 98 valence electrons. The second-order valence-corrected chi connectivity index (χ2v) is 6.09. The number of para-hydroxylation sites is 2. The van der Waals surface area contributed by atoms with Crippen LogP contribution < -0.4 is 9.62 Å². The van der Waals surface area contributed by atoms with E-state index in [1.807, 2.05) is 47.4 Å². The fraction of sp³-hybridized carbons (Fsp3) is 0.143. The maximum absolute atomic E-state index is 12.1. The fourth-order valence-corrected chi connectivity index (χ4v) is 3.50. The highest BCUT2D eigenvalue weighted by molar-refractivity contribution is 7.89. The van der Waals surface area contributed by atoms with Crippen LogP contribution in [-0.4, -0.2) is 21.5 Å². The molecule has 19 heavy (non-hydrogen) atoms. The molecule has 2 aromatic rings. The van der Waals surface area contributed by atoms with Crippen molar-refractivity contribution in [3.63, 3.8) is 0 Å². The number of sulfonamides is 1. The van der Waals surface area contributed by atoms with Crippen molar-refractivity contribution in [1.29, 1.82) is 0 Å². The maximum Gasteiger partial charge on any atom is 0.242 e. The smallest absolute Gasteiger partial charge is 0.242 e. The molecular formula is C14H14N2O2S. The number of benzene rings is 2. The molecule has 0 aromatic heterocycles. The quantitative estimate of drug-likeness (QED) is 0.866. The molecule has 0 atom stereocenters. The van der Waals surface area contributed by atoms with Crippen LogP contribution in [0.15, 0.2) is 59.5 Å². The lowest BCUT2D eigenvalue weighted by atomic mass is 10.2. The van der Waals surface area contributed by atoms with Crippen LogP contribution in [0.3, 0.4) is 0 Å². The van der Waals surface area contributed by atoms with Crippen molar-refractivity contribution < 1.29 is 8.42 Å². The van der Waals surface area contributed by atoms with Gasteiger partial charge in [-0.1, -0.05) is 30.3 Å². The van der Waals surface area contributed by atoms with Crippen LogP contribution >= 0.6 is 0 Å². The predicted octanol–water partition coefficient (Wildman–Crippen LogP) is 2.12. The van der Waals surface area contributed by atoms with Crippen molar-refractivity contribution in [3.05, 3.63) is 54.6 Å². The highest BCUT2D eigenvalue weighted by atomic mass is 32.2. The molecule has 0 bridgehead atoms. The third-order valence-electron chi connectivity index (χ3n) is 3.14. The van der Waals surface area contributed by atoms with Crippen LogP contribution in [0.5, 0.6) is 0 Å². The summed E-state index contributed by atoms with van der Waals surface area (Å²) in [4.78, 5) is 2.35. The summed E-state index contributed by atoms with van der Waals surface area (Å²) in [5.74, 6) is 0. The zero-order chi connectivity index (χ0) is 13.3. The van der Waals surface area contributed by atoms with E-state index in [9.17, 15) is 8.42 Å². The molecule has 0 radical (unpaired) electrons. The molecule has 0 amide bonds. The number of nitrogens with zero attached hydrogens (tertiary/aromatic N) is 1. The van der Waals surface area contributed by atoms with Gasteiger partial charge in [0.25, 0.3) is 0 Å². The first-order valence-corrected chi connectivity index (χ1v) is 7.58. The van der Waals surface area contributed by atoms with Gasteiger partial charge in [-0.3, -0.25) is 0 Å². The van der Waals surface area contributed by atoms with Crippen LogP contribution in [0.1, 0.15) is 0 Å². The average Bonchev–Trinajstić information content (AvgIpc) is 2.57. The molecule has 0 aliphatic carbocycles. The highest BCUT2D eigenvalue weighted by Crippen LogP contribution is 2.32. The Balaban J connectivity index is 2.18. The van der Waals surface area contributed by atoms with E-state index < -0.39 is 10.0 Å². The normalized spacial score (nSPS) is 17.6. The molecule has 1 heterocycles.